The fourth-order valence-electron chi connectivity index (χ4n) is 2.19. The van der Waals surface area contributed by atoms with Gasteiger partial charge >= 0.3 is 6.03 Å². The number of amides is 3. The molecule has 7 heteroatoms. The van der Waals surface area contributed by atoms with E-state index in [0.717, 1.165) is 25.7 Å². The maximum Gasteiger partial charge on any atom is 0.321 e. The topological polar surface area (TPSA) is 67.4 Å². The van der Waals surface area contributed by atoms with Crippen molar-refractivity contribution in [3.8, 4) is 5.75 Å². The molecule has 0 bridgehead atoms. The third-order valence-corrected chi connectivity index (χ3v) is 4.02. The highest BCUT2D eigenvalue weighted by atomic mass is 35.5. The molecule has 2 N–H and O–H groups in total. The molecule has 0 unspecified atom stereocenters. The Hall–Kier alpha value is -1.46. The van der Waals surface area contributed by atoms with Crippen molar-refractivity contribution in [3.63, 3.8) is 0 Å². The van der Waals surface area contributed by atoms with Crippen LogP contribution in [0, 0.1) is 0 Å². The van der Waals surface area contributed by atoms with Gasteiger partial charge in [-0.1, -0.05) is 42.1 Å². The van der Waals surface area contributed by atoms with Crippen LogP contribution >= 0.6 is 23.2 Å². The maximum atomic E-state index is 11.6. The van der Waals surface area contributed by atoms with Crippen LogP contribution in [0.4, 0.5) is 4.79 Å². The third kappa shape index (κ3) is 4.79. The van der Waals surface area contributed by atoms with Crippen LogP contribution in [-0.4, -0.2) is 24.6 Å². The highest BCUT2D eigenvalue weighted by molar-refractivity contribution is 6.42. The van der Waals surface area contributed by atoms with Crippen LogP contribution in [0.3, 0.4) is 0 Å². The Morgan fingerprint density at radius 3 is 2.67 bits per heavy atom. The number of imide groups is 1. The molecule has 1 aliphatic rings. The lowest BCUT2D eigenvalue weighted by Crippen LogP contribution is -2.45. The largest absolute Gasteiger partial charge is 0.482 e. The van der Waals surface area contributed by atoms with Crippen LogP contribution in [0.2, 0.25) is 10.0 Å². The number of halogens is 2. The molecule has 1 fully saturated rings. The first-order chi connectivity index (χ1) is 10.1. The predicted octanol–water partition coefficient (Wildman–Crippen LogP) is 3.14. The first kappa shape index (κ1) is 15.9. The van der Waals surface area contributed by atoms with E-state index in [4.69, 9.17) is 27.9 Å². The van der Waals surface area contributed by atoms with Gasteiger partial charge in [-0.25, -0.2) is 4.79 Å². The van der Waals surface area contributed by atoms with E-state index in [0.29, 0.717) is 10.8 Å². The summed E-state index contributed by atoms with van der Waals surface area (Å²) < 4.78 is 5.24. The van der Waals surface area contributed by atoms with Crippen LogP contribution < -0.4 is 15.4 Å². The van der Waals surface area contributed by atoms with E-state index >= 15 is 0 Å². The molecule has 5 nitrogen and oxygen atoms in total. The van der Waals surface area contributed by atoms with Crippen molar-refractivity contribution in [1.29, 1.82) is 0 Å². The van der Waals surface area contributed by atoms with Crippen molar-refractivity contribution >= 4 is 35.1 Å². The van der Waals surface area contributed by atoms with Gasteiger partial charge in [0.1, 0.15) is 10.8 Å². The van der Waals surface area contributed by atoms with Crippen molar-refractivity contribution < 1.29 is 14.3 Å². The smallest absolute Gasteiger partial charge is 0.321 e. The Bertz CT molecular complexity index is 531. The van der Waals surface area contributed by atoms with Gasteiger partial charge in [0.15, 0.2) is 6.61 Å². The maximum absolute atomic E-state index is 11.6. The summed E-state index contributed by atoms with van der Waals surface area (Å²) in [7, 11) is 0. The Morgan fingerprint density at radius 2 is 1.95 bits per heavy atom. The van der Waals surface area contributed by atoms with Crippen LogP contribution in [0.25, 0.3) is 0 Å². The molecule has 1 aromatic carbocycles. The fraction of sp³-hybridized carbons (Fsp3) is 0.429. The van der Waals surface area contributed by atoms with Gasteiger partial charge in [0.25, 0.3) is 5.91 Å². The number of urea groups is 1. The van der Waals surface area contributed by atoms with Crippen molar-refractivity contribution in [2.45, 2.75) is 31.7 Å². The summed E-state index contributed by atoms with van der Waals surface area (Å²) in [4.78, 5) is 23.2. The first-order valence-corrected chi connectivity index (χ1v) is 7.49. The summed E-state index contributed by atoms with van der Waals surface area (Å²) in [6, 6.07) is 4.54. The molecule has 1 saturated carbocycles. The normalized spacial score (nSPS) is 14.8. The number of hydrogen-bond donors (Lipinski definition) is 2. The third-order valence-electron chi connectivity index (χ3n) is 3.22. The minimum absolute atomic E-state index is 0.154. The molecular weight excluding hydrogens is 315 g/mol. The second-order valence-electron chi connectivity index (χ2n) is 4.84. The molecule has 0 aromatic heterocycles. The van der Waals surface area contributed by atoms with E-state index in [-0.39, 0.29) is 17.7 Å². The highest BCUT2D eigenvalue weighted by Crippen LogP contribution is 2.31. The Kier molecular flexibility index (Phi) is 5.70. The average Bonchev–Trinajstić information content (AvgIpc) is 2.93. The molecule has 114 valence electrons. The van der Waals surface area contributed by atoms with E-state index in [1.165, 1.54) is 0 Å². The van der Waals surface area contributed by atoms with E-state index in [1.807, 2.05) is 0 Å². The molecule has 0 heterocycles. The molecule has 3 amide bonds. The summed E-state index contributed by atoms with van der Waals surface area (Å²) in [5.41, 5.74) is 0. The molecule has 0 saturated heterocycles. The molecule has 1 aliphatic carbocycles. The monoisotopic (exact) mass is 330 g/mol. The van der Waals surface area contributed by atoms with Gasteiger partial charge in [-0.15, -0.1) is 0 Å². The SMILES string of the molecule is O=C(COc1cccc(Cl)c1Cl)NC(=O)NC1CCCC1. The molecule has 0 atom stereocenters. The fourth-order valence-corrected chi connectivity index (χ4v) is 2.54. The van der Waals surface area contributed by atoms with Gasteiger partial charge in [-0.3, -0.25) is 10.1 Å². The van der Waals surface area contributed by atoms with Crippen LogP contribution in [-0.2, 0) is 4.79 Å². The van der Waals surface area contributed by atoms with Gasteiger partial charge in [0, 0.05) is 6.04 Å². The van der Waals surface area contributed by atoms with E-state index < -0.39 is 11.9 Å². The lowest BCUT2D eigenvalue weighted by molar-refractivity contribution is -0.122. The van der Waals surface area contributed by atoms with Crippen LogP contribution in [0.5, 0.6) is 5.75 Å². The number of carbonyl (C=O) groups is 2. The lowest BCUT2D eigenvalue weighted by atomic mass is 10.2. The highest BCUT2D eigenvalue weighted by Gasteiger charge is 2.18. The first-order valence-electron chi connectivity index (χ1n) is 6.73. The summed E-state index contributed by atoms with van der Waals surface area (Å²) in [5.74, 6) is -0.239. The van der Waals surface area contributed by atoms with Crippen LogP contribution in [0.1, 0.15) is 25.7 Å². The van der Waals surface area contributed by atoms with Gasteiger partial charge in [-0.05, 0) is 25.0 Å². The number of rotatable bonds is 4. The molecule has 0 aliphatic heterocycles. The standard InChI is InChI=1S/C14H16Cl2N2O3/c15-10-6-3-7-11(13(10)16)21-8-12(19)18-14(20)17-9-4-1-2-5-9/h3,6-7,9H,1-2,4-5,8H2,(H2,17,18,19,20). The lowest BCUT2D eigenvalue weighted by Gasteiger charge is -2.13. The average molecular weight is 331 g/mol. The van der Waals surface area contributed by atoms with Gasteiger partial charge in [0.05, 0.1) is 5.02 Å². The number of carbonyl (C=O) groups excluding carboxylic acids is 2. The molecule has 1 aromatic rings. The summed E-state index contributed by atoms with van der Waals surface area (Å²) >= 11 is 11.8. The van der Waals surface area contributed by atoms with E-state index in [9.17, 15) is 9.59 Å². The summed E-state index contributed by atoms with van der Waals surface area (Å²) in [5, 5.41) is 5.56. The zero-order valence-electron chi connectivity index (χ0n) is 11.3. The second-order valence-corrected chi connectivity index (χ2v) is 5.63. The van der Waals surface area contributed by atoms with Gasteiger partial charge in [0.2, 0.25) is 0 Å². The Balaban J connectivity index is 1.76. The Morgan fingerprint density at radius 1 is 1.24 bits per heavy atom. The molecule has 0 radical (unpaired) electrons. The van der Waals surface area contributed by atoms with Crippen LogP contribution in [0.15, 0.2) is 18.2 Å². The second kappa shape index (κ2) is 7.52. The Labute approximate surface area is 132 Å². The summed E-state index contributed by atoms with van der Waals surface area (Å²) in [6.45, 7) is -0.307. The van der Waals surface area contributed by atoms with Crippen molar-refractivity contribution in [2.75, 3.05) is 6.61 Å². The molecule has 21 heavy (non-hydrogen) atoms. The molecule has 0 spiro atoms. The zero-order valence-corrected chi connectivity index (χ0v) is 12.8. The number of benzene rings is 1. The minimum atomic E-state index is -0.540. The van der Waals surface area contributed by atoms with Crippen molar-refractivity contribution in [1.82, 2.24) is 10.6 Å². The zero-order chi connectivity index (χ0) is 15.2. The van der Waals surface area contributed by atoms with E-state index in [1.54, 1.807) is 18.2 Å². The minimum Gasteiger partial charge on any atom is -0.482 e. The number of ether oxygens (including phenoxy) is 1. The van der Waals surface area contributed by atoms with Gasteiger partial charge < -0.3 is 10.1 Å². The quantitative estimate of drug-likeness (QED) is 0.891. The van der Waals surface area contributed by atoms with Crippen molar-refractivity contribution in [2.24, 2.45) is 0 Å². The van der Waals surface area contributed by atoms with Crippen molar-refractivity contribution in [3.05, 3.63) is 28.2 Å². The van der Waals surface area contributed by atoms with Gasteiger partial charge in [-0.2, -0.15) is 0 Å². The molecular formula is C14H16Cl2N2O3. The summed E-state index contributed by atoms with van der Waals surface area (Å²) in [6.07, 6.45) is 4.12. The molecule has 2 rings (SSSR count). The van der Waals surface area contributed by atoms with E-state index in [2.05, 4.69) is 10.6 Å². The number of nitrogens with one attached hydrogen (secondary N) is 2. The predicted molar refractivity (Wildman–Crippen MR) is 80.9 cm³/mol. The number of hydrogen-bond acceptors (Lipinski definition) is 3.